The number of hydrogen-bond donors (Lipinski definition) is 1. The summed E-state index contributed by atoms with van der Waals surface area (Å²) in [7, 11) is 0. The fourth-order valence-electron chi connectivity index (χ4n) is 17.0. The van der Waals surface area contributed by atoms with Gasteiger partial charge in [-0.25, -0.2) is 8.78 Å². The number of alkyl halides is 2. The number of carboxylic acids is 1. The number of hydrogen-bond acceptors (Lipinski definition) is 5. The first-order chi connectivity index (χ1) is 26.7. The maximum atomic E-state index is 15.4. The van der Waals surface area contributed by atoms with E-state index in [1.807, 2.05) is 13.8 Å². The van der Waals surface area contributed by atoms with Crippen LogP contribution in [0.1, 0.15) is 158 Å². The molecule has 0 aromatic heterocycles. The second-order valence-electron chi connectivity index (χ2n) is 23.5. The van der Waals surface area contributed by atoms with Gasteiger partial charge in [-0.05, 0) is 159 Å². The summed E-state index contributed by atoms with van der Waals surface area (Å²) < 4.78 is 34.5. The smallest absolute Gasteiger partial charge is 0.309 e. The van der Waals surface area contributed by atoms with Crippen LogP contribution in [0.4, 0.5) is 8.78 Å². The van der Waals surface area contributed by atoms with Crippen molar-refractivity contribution in [3.8, 4) is 0 Å². The minimum Gasteiger partial charge on any atom is -0.481 e. The van der Waals surface area contributed by atoms with E-state index in [4.69, 9.17) is 4.74 Å². The highest BCUT2D eigenvalue weighted by Gasteiger charge is 2.73. The van der Waals surface area contributed by atoms with Crippen LogP contribution in [0.5, 0.6) is 0 Å². The predicted molar refractivity (Wildman–Crippen MR) is 215 cm³/mol. The lowest BCUT2D eigenvalue weighted by molar-refractivity contribution is -0.240. The Bertz CT molecular complexity index is 1640. The molecule has 7 nitrogen and oxygen atoms in total. The van der Waals surface area contributed by atoms with Crippen LogP contribution in [0.2, 0.25) is 0 Å². The summed E-state index contributed by atoms with van der Waals surface area (Å²) in [6, 6.07) is 0.143. The number of nitrogens with zero attached hydrogens (tertiary/aromatic N) is 2. The number of likely N-dealkylation sites (tertiary alicyclic amines) is 2. The average molecular weight is 797 g/mol. The topological polar surface area (TPSA) is 87.2 Å². The number of esters is 1. The lowest BCUT2D eigenvalue weighted by Crippen LogP contribution is -2.67. The van der Waals surface area contributed by atoms with Crippen molar-refractivity contribution in [2.75, 3.05) is 26.2 Å². The molecular weight excluding hydrogens is 723 g/mol. The number of carbonyl (C=O) groups excluding carboxylic acids is 2. The summed E-state index contributed by atoms with van der Waals surface area (Å²) in [4.78, 5) is 45.3. The number of piperidine rings is 1. The molecule has 7 saturated carbocycles. The number of aliphatic carboxylic acids is 1. The van der Waals surface area contributed by atoms with E-state index in [0.29, 0.717) is 60.4 Å². The van der Waals surface area contributed by atoms with Gasteiger partial charge in [0.05, 0.1) is 17.3 Å². The molecule has 9 aliphatic rings. The van der Waals surface area contributed by atoms with Gasteiger partial charge < -0.3 is 19.6 Å². The molecule has 0 aromatic rings. The maximum Gasteiger partial charge on any atom is 0.309 e. The molecule has 9 rings (SSSR count). The highest BCUT2D eigenvalue weighted by atomic mass is 19.3. The Morgan fingerprint density at radius 2 is 1.42 bits per heavy atom. The van der Waals surface area contributed by atoms with E-state index in [2.05, 4.69) is 44.4 Å². The van der Waals surface area contributed by atoms with Crippen LogP contribution in [0.3, 0.4) is 0 Å². The third-order valence-corrected chi connectivity index (χ3v) is 21.1. The Morgan fingerprint density at radius 1 is 0.719 bits per heavy atom. The molecule has 0 aromatic carbocycles. The van der Waals surface area contributed by atoms with Crippen LogP contribution in [0.25, 0.3) is 0 Å². The lowest BCUT2D eigenvalue weighted by atomic mass is 9.33. The number of carbonyl (C=O) groups is 3. The third kappa shape index (κ3) is 5.91. The van der Waals surface area contributed by atoms with Crippen molar-refractivity contribution >= 4 is 17.8 Å². The van der Waals surface area contributed by atoms with Gasteiger partial charge in [0, 0.05) is 45.1 Å². The van der Waals surface area contributed by atoms with Crippen molar-refractivity contribution in [2.45, 2.75) is 176 Å². The van der Waals surface area contributed by atoms with E-state index in [9.17, 15) is 23.5 Å². The van der Waals surface area contributed by atoms with Gasteiger partial charge in [0.15, 0.2) is 0 Å². The number of halogens is 2. The molecule has 9 heteroatoms. The van der Waals surface area contributed by atoms with Crippen LogP contribution < -0.4 is 0 Å². The van der Waals surface area contributed by atoms with Crippen LogP contribution in [-0.4, -0.2) is 77.0 Å². The summed E-state index contributed by atoms with van der Waals surface area (Å²) in [6.07, 6.45) is 15.7. The Balaban J connectivity index is 0.942. The molecule has 57 heavy (non-hydrogen) atoms. The largest absolute Gasteiger partial charge is 0.481 e. The molecule has 0 spiro atoms. The van der Waals surface area contributed by atoms with Crippen LogP contribution in [0.15, 0.2) is 0 Å². The van der Waals surface area contributed by atoms with Gasteiger partial charge in [-0.2, -0.15) is 0 Å². The van der Waals surface area contributed by atoms with Crippen LogP contribution >= 0.6 is 0 Å². The first-order valence-electron chi connectivity index (χ1n) is 23.6. The van der Waals surface area contributed by atoms with Crippen LogP contribution in [0, 0.1) is 79.8 Å². The zero-order chi connectivity index (χ0) is 40.7. The molecule has 1 N–H and O–H groups in total. The van der Waals surface area contributed by atoms with Gasteiger partial charge in [-0.3, -0.25) is 14.4 Å². The van der Waals surface area contributed by atoms with E-state index in [1.165, 1.54) is 38.5 Å². The quantitative estimate of drug-likeness (QED) is 0.258. The first-order valence-corrected chi connectivity index (χ1v) is 23.6. The Morgan fingerprint density at radius 3 is 2.09 bits per heavy atom. The van der Waals surface area contributed by atoms with Crippen molar-refractivity contribution in [1.29, 1.82) is 0 Å². The summed E-state index contributed by atoms with van der Waals surface area (Å²) in [5, 5.41) is 9.66. The molecule has 4 unspecified atom stereocenters. The second-order valence-corrected chi connectivity index (χ2v) is 23.5. The van der Waals surface area contributed by atoms with Gasteiger partial charge in [0.1, 0.15) is 6.10 Å². The molecule has 0 bridgehead atoms. The van der Waals surface area contributed by atoms with Crippen molar-refractivity contribution < 1.29 is 33.0 Å². The molecule has 2 heterocycles. The van der Waals surface area contributed by atoms with Gasteiger partial charge in [-0.15, -0.1) is 0 Å². The van der Waals surface area contributed by atoms with Gasteiger partial charge in [0.2, 0.25) is 5.91 Å². The SMILES string of the molecule is C[C@@H]1C2CC[C@]3(C)C(CC[C@@H]4C5C(C6(C)CC6)CC[C@]5(C(=O)N5CCC[C@H]5CN5CCC(F)(F)CC5)CC[C@]43C)[C@@]2(C)CC[C@@H]1OC(=O)[C@H]1C[C@@H](C(=O)O)C1(C)C. The molecule has 2 saturated heterocycles. The third-order valence-electron chi connectivity index (χ3n) is 21.1. The highest BCUT2D eigenvalue weighted by Crippen LogP contribution is 2.79. The highest BCUT2D eigenvalue weighted by molar-refractivity contribution is 5.84. The number of rotatable bonds is 7. The van der Waals surface area contributed by atoms with E-state index in [0.717, 1.165) is 64.5 Å². The van der Waals surface area contributed by atoms with E-state index < -0.39 is 23.2 Å². The lowest BCUT2D eigenvalue weighted by Gasteiger charge is -2.72. The van der Waals surface area contributed by atoms with E-state index >= 15 is 4.79 Å². The standard InChI is InChI=1S/C48H74F2N2O5/c1-29-31-12-16-46(7)37(44(31,5)15-14-36(29)57-40(55)35-27-34(39(53)54)42(35,2)3)11-10-33-38-32(43(4)18-19-43)13-17-47(38,21-20-45(33,46)6)41(56)52-24-8-9-30(52)28-51-25-22-48(49,50)23-26-51/h29-38H,8-28H2,1-7H3,(H,53,54)/t29-,30+,31?,32?,33-,34+,35-,36+,37?,38?,44+,45-,46-,47+/m1/s1. The summed E-state index contributed by atoms with van der Waals surface area (Å²) >= 11 is 0. The number of amides is 1. The zero-order valence-electron chi connectivity index (χ0n) is 36.4. The average Bonchev–Trinajstić information content (AvgIpc) is 3.52. The van der Waals surface area contributed by atoms with Gasteiger partial charge in [0.25, 0.3) is 5.92 Å². The monoisotopic (exact) mass is 797 g/mol. The summed E-state index contributed by atoms with van der Waals surface area (Å²) in [6.45, 7) is 19.0. The predicted octanol–water partition coefficient (Wildman–Crippen LogP) is 9.86. The fraction of sp³-hybridized carbons (Fsp3) is 0.938. The molecule has 9 fully saturated rings. The van der Waals surface area contributed by atoms with Gasteiger partial charge >= 0.3 is 11.9 Å². The van der Waals surface area contributed by atoms with E-state index in [1.54, 1.807) is 0 Å². The number of ether oxygens (including phenoxy) is 1. The Hall–Kier alpha value is -1.77. The maximum absolute atomic E-state index is 15.4. The Labute approximate surface area is 341 Å². The molecular formula is C48H74F2N2O5. The molecule has 7 aliphatic carbocycles. The molecule has 0 radical (unpaired) electrons. The fourth-order valence-corrected chi connectivity index (χ4v) is 17.0. The Kier molecular flexibility index (Phi) is 9.52. The van der Waals surface area contributed by atoms with Crippen molar-refractivity contribution in [3.63, 3.8) is 0 Å². The normalized spacial score (nSPS) is 49.4. The van der Waals surface area contributed by atoms with Crippen molar-refractivity contribution in [2.24, 2.45) is 79.8 Å². The molecule has 320 valence electrons. The van der Waals surface area contributed by atoms with Crippen LogP contribution in [-0.2, 0) is 19.1 Å². The summed E-state index contributed by atoms with van der Waals surface area (Å²) in [5.41, 5.74) is -0.0389. The summed E-state index contributed by atoms with van der Waals surface area (Å²) in [5.74, 6) is -1.10. The number of fused-ring (bicyclic) bond motifs is 7. The minimum absolute atomic E-state index is 0.0673. The van der Waals surface area contributed by atoms with E-state index in [-0.39, 0.29) is 64.5 Å². The molecule has 2 aliphatic heterocycles. The zero-order valence-corrected chi connectivity index (χ0v) is 36.4. The first kappa shape index (κ1) is 40.6. The van der Waals surface area contributed by atoms with Crippen molar-refractivity contribution in [3.05, 3.63) is 0 Å². The minimum atomic E-state index is -2.55. The van der Waals surface area contributed by atoms with Gasteiger partial charge in [-0.1, -0.05) is 48.5 Å². The van der Waals surface area contributed by atoms with Crippen molar-refractivity contribution in [1.82, 2.24) is 9.80 Å². The molecule has 1 amide bonds. The molecule has 14 atom stereocenters. The number of carboxylic acid groups (broad SMARTS) is 1. The second kappa shape index (κ2) is 13.4.